The van der Waals surface area contributed by atoms with Crippen LogP contribution in [0.15, 0.2) is 42.5 Å². The monoisotopic (exact) mass is 506 g/mol. The van der Waals surface area contributed by atoms with E-state index in [9.17, 15) is 40.2 Å². The first-order valence-electron chi connectivity index (χ1n) is 10.8. The largest absolute Gasteiger partial charge is 0.504 e. The van der Waals surface area contributed by atoms with Crippen molar-refractivity contribution in [3.05, 3.63) is 53.6 Å². The number of aliphatic hydroxyl groups is 3. The Morgan fingerprint density at radius 2 is 1.67 bits per heavy atom. The lowest BCUT2D eigenvalue weighted by Crippen LogP contribution is -2.60. The number of aliphatic hydroxyl groups excluding tert-OH is 3. The maximum absolute atomic E-state index is 12.0. The van der Waals surface area contributed by atoms with Gasteiger partial charge in [-0.25, -0.2) is 4.79 Å². The van der Waals surface area contributed by atoms with Gasteiger partial charge < -0.3 is 50.0 Å². The van der Waals surface area contributed by atoms with Crippen molar-refractivity contribution in [2.75, 3.05) is 6.61 Å². The number of ether oxygens (including phenoxy) is 3. The van der Waals surface area contributed by atoms with Crippen LogP contribution in [0.3, 0.4) is 0 Å². The van der Waals surface area contributed by atoms with Gasteiger partial charge in [-0.05, 0) is 47.9 Å². The highest BCUT2D eigenvalue weighted by Crippen LogP contribution is 2.31. The van der Waals surface area contributed by atoms with Crippen molar-refractivity contribution in [3.8, 4) is 23.0 Å². The number of hydrogen-bond donors (Lipinski definition) is 7. The predicted octanol–water partition coefficient (Wildman–Crippen LogP) is 0.264. The average Bonchev–Trinajstić information content (AvgIpc) is 2.84. The van der Waals surface area contributed by atoms with E-state index in [2.05, 4.69) is 0 Å². The maximum atomic E-state index is 12.0. The predicted molar refractivity (Wildman–Crippen MR) is 121 cm³/mol. The summed E-state index contributed by atoms with van der Waals surface area (Å²) >= 11 is 0. The number of carbonyl (C=O) groups excluding carboxylic acids is 1. The molecule has 12 nitrogen and oxygen atoms in total. The summed E-state index contributed by atoms with van der Waals surface area (Å²) in [5.41, 5.74) is 0.931. The van der Waals surface area contributed by atoms with Crippen LogP contribution in [-0.2, 0) is 25.5 Å². The zero-order valence-corrected chi connectivity index (χ0v) is 18.8. The molecular formula is C24H26O12. The number of hydrogen-bond acceptors (Lipinski definition) is 11. The molecule has 2 aromatic carbocycles. The van der Waals surface area contributed by atoms with Crippen LogP contribution in [0.1, 0.15) is 17.5 Å². The zero-order chi connectivity index (χ0) is 26.4. The van der Waals surface area contributed by atoms with Crippen molar-refractivity contribution < 1.29 is 59.5 Å². The van der Waals surface area contributed by atoms with Gasteiger partial charge >= 0.3 is 11.9 Å². The summed E-state index contributed by atoms with van der Waals surface area (Å²) in [4.78, 5) is 22.7. The number of aliphatic carboxylic acids is 1. The van der Waals surface area contributed by atoms with Gasteiger partial charge in [0.15, 0.2) is 23.0 Å². The van der Waals surface area contributed by atoms with Crippen LogP contribution >= 0.6 is 0 Å². The molecule has 3 rings (SSSR count). The lowest BCUT2D eigenvalue weighted by Gasteiger charge is -2.39. The third-order valence-corrected chi connectivity index (χ3v) is 5.36. The quantitative estimate of drug-likeness (QED) is 0.139. The fourth-order valence-electron chi connectivity index (χ4n) is 3.37. The number of carboxylic acid groups (broad SMARTS) is 1. The van der Waals surface area contributed by atoms with Gasteiger partial charge in [0.2, 0.25) is 6.29 Å². The fourth-order valence-corrected chi connectivity index (χ4v) is 3.37. The first-order valence-corrected chi connectivity index (χ1v) is 10.8. The number of phenolic OH excluding ortho intramolecular Hbond substituents is 3. The minimum atomic E-state index is -1.72. The van der Waals surface area contributed by atoms with Crippen molar-refractivity contribution in [1.29, 1.82) is 0 Å². The van der Waals surface area contributed by atoms with Crippen molar-refractivity contribution in [3.63, 3.8) is 0 Å². The van der Waals surface area contributed by atoms with Crippen molar-refractivity contribution in [1.82, 2.24) is 0 Å². The Morgan fingerprint density at radius 3 is 2.33 bits per heavy atom. The lowest BCUT2D eigenvalue weighted by molar-refractivity contribution is -0.278. The highest BCUT2D eigenvalue weighted by Gasteiger charge is 2.45. The number of phenols is 3. The zero-order valence-electron chi connectivity index (χ0n) is 18.8. The van der Waals surface area contributed by atoms with Crippen LogP contribution in [0.5, 0.6) is 23.0 Å². The molecule has 1 heterocycles. The van der Waals surface area contributed by atoms with Gasteiger partial charge in [0.1, 0.15) is 31.0 Å². The summed E-state index contributed by atoms with van der Waals surface area (Å²) < 4.78 is 15.9. The Labute approximate surface area is 204 Å². The lowest BCUT2D eigenvalue weighted by atomic mass is 9.99. The molecule has 1 saturated heterocycles. The average molecular weight is 506 g/mol. The van der Waals surface area contributed by atoms with E-state index in [1.165, 1.54) is 42.5 Å². The van der Waals surface area contributed by atoms with E-state index in [0.717, 1.165) is 6.08 Å². The normalized spacial score (nSPS) is 23.9. The molecule has 1 aliphatic heterocycles. The maximum Gasteiger partial charge on any atom is 0.330 e. The van der Waals surface area contributed by atoms with E-state index in [0.29, 0.717) is 11.1 Å². The van der Waals surface area contributed by atoms with Crippen LogP contribution in [0.25, 0.3) is 6.08 Å². The fraction of sp³-hybridized carbons (Fsp3) is 0.333. The van der Waals surface area contributed by atoms with Crippen LogP contribution in [0.2, 0.25) is 0 Å². The summed E-state index contributed by atoms with van der Waals surface area (Å²) in [6, 6.07) is 8.04. The third-order valence-electron chi connectivity index (χ3n) is 5.36. The van der Waals surface area contributed by atoms with Crippen LogP contribution in [-0.4, -0.2) is 85.0 Å². The molecule has 2 aromatic rings. The van der Waals surface area contributed by atoms with E-state index in [4.69, 9.17) is 19.3 Å². The SMILES string of the molecule is O=C(O)CCc1ccc(O[C@H]2O[C@H](COC(=O)/C=C\c3ccc(O)c(O)c3)[C@@H](O)[C@H](O)[C@H]2O)c(O)c1. The Balaban J connectivity index is 1.60. The van der Waals surface area contributed by atoms with Gasteiger partial charge in [-0.2, -0.15) is 0 Å². The van der Waals surface area contributed by atoms with Gasteiger partial charge in [-0.3, -0.25) is 4.79 Å². The first kappa shape index (κ1) is 26.8. The van der Waals surface area contributed by atoms with Gasteiger partial charge in [-0.15, -0.1) is 0 Å². The molecule has 0 radical (unpaired) electrons. The third kappa shape index (κ3) is 6.86. The van der Waals surface area contributed by atoms with Gasteiger partial charge in [0.25, 0.3) is 0 Å². The Bertz CT molecular complexity index is 1110. The molecule has 1 fully saturated rings. The second-order valence-corrected chi connectivity index (χ2v) is 8.04. The van der Waals surface area contributed by atoms with E-state index in [1.807, 2.05) is 0 Å². The molecule has 0 bridgehead atoms. The molecular weight excluding hydrogens is 480 g/mol. The number of carboxylic acids is 1. The summed E-state index contributed by atoms with van der Waals surface area (Å²) in [6.45, 7) is -0.519. The number of carbonyl (C=O) groups is 2. The van der Waals surface area contributed by atoms with E-state index in [1.54, 1.807) is 0 Å². The van der Waals surface area contributed by atoms with Crippen molar-refractivity contribution in [2.24, 2.45) is 0 Å². The molecule has 36 heavy (non-hydrogen) atoms. The standard InChI is InChI=1S/C24H26O12/c25-14-5-1-12(9-15(14)26)4-8-20(30)34-11-18-21(31)22(32)23(33)24(36-18)35-17-6-2-13(10-16(17)27)3-7-19(28)29/h1-2,4-6,8-10,18,21-27,31-33H,3,7,11H2,(H,28,29)/b8-4-/t18-,21-,22+,23-,24+/m1/s1. The van der Waals surface area contributed by atoms with Crippen molar-refractivity contribution in [2.45, 2.75) is 43.5 Å². The number of aryl methyl sites for hydroxylation is 1. The molecule has 5 atom stereocenters. The molecule has 0 saturated carbocycles. The summed E-state index contributed by atoms with van der Waals surface area (Å²) in [7, 11) is 0. The number of benzene rings is 2. The second-order valence-electron chi connectivity index (χ2n) is 8.04. The summed E-state index contributed by atoms with van der Waals surface area (Å²) in [5, 5.41) is 68.4. The number of rotatable bonds is 9. The topological polar surface area (TPSA) is 203 Å². The number of esters is 1. The van der Waals surface area contributed by atoms with Gasteiger partial charge in [0.05, 0.1) is 0 Å². The van der Waals surface area contributed by atoms with Crippen LogP contribution < -0.4 is 4.74 Å². The smallest absolute Gasteiger partial charge is 0.330 e. The Morgan fingerprint density at radius 1 is 0.917 bits per heavy atom. The molecule has 194 valence electrons. The van der Waals surface area contributed by atoms with E-state index >= 15 is 0 Å². The van der Waals surface area contributed by atoms with Crippen LogP contribution in [0.4, 0.5) is 0 Å². The molecule has 0 aliphatic carbocycles. The molecule has 0 aromatic heterocycles. The van der Waals surface area contributed by atoms with E-state index in [-0.39, 0.29) is 35.8 Å². The molecule has 1 aliphatic rings. The highest BCUT2D eigenvalue weighted by molar-refractivity contribution is 5.87. The first-order chi connectivity index (χ1) is 17.0. The highest BCUT2D eigenvalue weighted by atomic mass is 16.7. The molecule has 12 heteroatoms. The molecule has 0 unspecified atom stereocenters. The van der Waals surface area contributed by atoms with Gasteiger partial charge in [-0.1, -0.05) is 12.1 Å². The second kappa shape index (κ2) is 11.7. The number of aromatic hydroxyl groups is 3. The molecule has 0 amide bonds. The Hall–Kier alpha value is -3.84. The molecule has 7 N–H and O–H groups in total. The van der Waals surface area contributed by atoms with Gasteiger partial charge in [0, 0.05) is 12.5 Å². The minimum Gasteiger partial charge on any atom is -0.504 e. The van der Waals surface area contributed by atoms with Crippen molar-refractivity contribution >= 4 is 18.0 Å². The Kier molecular flexibility index (Phi) is 8.72. The summed E-state index contributed by atoms with van der Waals surface area (Å²) in [5.74, 6) is -3.02. The molecule has 0 spiro atoms. The summed E-state index contributed by atoms with van der Waals surface area (Å²) in [6.07, 6.45) is -5.51. The van der Waals surface area contributed by atoms with Crippen LogP contribution in [0, 0.1) is 0 Å². The van der Waals surface area contributed by atoms with E-state index < -0.39 is 49.3 Å². The minimum absolute atomic E-state index is 0.127.